The van der Waals surface area contributed by atoms with Crippen molar-refractivity contribution in [1.82, 2.24) is 0 Å². The van der Waals surface area contributed by atoms with Gasteiger partial charge in [0.15, 0.2) is 11.5 Å². The molecular weight excluding hydrogens is 214 g/mol. The number of benzene rings is 1. The van der Waals surface area contributed by atoms with Crippen LogP contribution in [0.15, 0.2) is 12.1 Å². The average molecular weight is 227 g/mol. The Bertz CT molecular complexity index is 404. The number of carbonyl (C=O) groups is 1. The van der Waals surface area contributed by atoms with Crippen LogP contribution in [0.2, 0.25) is 0 Å². The van der Waals surface area contributed by atoms with Crippen molar-refractivity contribution in [3.8, 4) is 17.2 Å². The molecule has 1 aromatic rings. The number of hydrogen-bond donors (Lipinski definition) is 3. The number of carboxylic acid groups (broad SMARTS) is 1. The van der Waals surface area contributed by atoms with E-state index in [-0.39, 0.29) is 11.3 Å². The quantitative estimate of drug-likeness (QED) is 0.692. The molecule has 1 aromatic carbocycles. The second-order valence-corrected chi connectivity index (χ2v) is 3.08. The van der Waals surface area contributed by atoms with Gasteiger partial charge >= 0.3 is 5.97 Å². The van der Waals surface area contributed by atoms with Gasteiger partial charge in [-0.2, -0.15) is 0 Å². The van der Waals surface area contributed by atoms with Crippen molar-refractivity contribution >= 4 is 5.97 Å². The van der Waals surface area contributed by atoms with E-state index in [4.69, 9.17) is 20.3 Å². The van der Waals surface area contributed by atoms with Crippen molar-refractivity contribution in [1.29, 1.82) is 0 Å². The lowest BCUT2D eigenvalue weighted by molar-refractivity contribution is -0.138. The number of methoxy groups -OCH3 is 2. The van der Waals surface area contributed by atoms with E-state index in [0.717, 1.165) is 0 Å². The number of phenols is 1. The number of nitrogens with two attached hydrogens (primary N) is 1. The number of rotatable bonds is 4. The first-order valence-electron chi connectivity index (χ1n) is 4.44. The van der Waals surface area contributed by atoms with Crippen LogP contribution in [0.5, 0.6) is 17.2 Å². The first kappa shape index (κ1) is 12.1. The Kier molecular flexibility index (Phi) is 3.57. The molecule has 0 spiro atoms. The van der Waals surface area contributed by atoms with Crippen molar-refractivity contribution in [2.24, 2.45) is 5.73 Å². The average Bonchev–Trinajstić information content (AvgIpc) is 2.27. The van der Waals surface area contributed by atoms with E-state index in [1.807, 2.05) is 0 Å². The van der Waals surface area contributed by atoms with Crippen LogP contribution in [-0.2, 0) is 4.79 Å². The number of ether oxygens (including phenoxy) is 2. The maximum atomic E-state index is 10.7. The van der Waals surface area contributed by atoms with Gasteiger partial charge in [0.25, 0.3) is 0 Å². The highest BCUT2D eigenvalue weighted by atomic mass is 16.5. The van der Waals surface area contributed by atoms with Crippen molar-refractivity contribution < 1.29 is 24.5 Å². The normalized spacial score (nSPS) is 11.9. The van der Waals surface area contributed by atoms with E-state index < -0.39 is 12.0 Å². The number of aromatic hydroxyl groups is 1. The molecule has 6 nitrogen and oxygen atoms in total. The van der Waals surface area contributed by atoms with Gasteiger partial charge < -0.3 is 25.4 Å². The van der Waals surface area contributed by atoms with Crippen LogP contribution < -0.4 is 15.2 Å². The summed E-state index contributed by atoms with van der Waals surface area (Å²) in [6.07, 6.45) is 0. The second-order valence-electron chi connectivity index (χ2n) is 3.08. The molecule has 0 unspecified atom stereocenters. The Hall–Kier alpha value is -1.95. The van der Waals surface area contributed by atoms with Gasteiger partial charge in [0, 0.05) is 11.6 Å². The summed E-state index contributed by atoms with van der Waals surface area (Å²) < 4.78 is 9.92. The molecule has 0 fully saturated rings. The van der Waals surface area contributed by atoms with Crippen LogP contribution in [0.4, 0.5) is 0 Å². The van der Waals surface area contributed by atoms with Crippen LogP contribution in [0, 0.1) is 0 Å². The fourth-order valence-electron chi connectivity index (χ4n) is 1.27. The molecule has 88 valence electrons. The summed E-state index contributed by atoms with van der Waals surface area (Å²) >= 11 is 0. The SMILES string of the molecule is COc1cc(O)c([C@H](N)C(=O)O)cc1OC. The van der Waals surface area contributed by atoms with Crippen LogP contribution >= 0.6 is 0 Å². The van der Waals surface area contributed by atoms with E-state index in [0.29, 0.717) is 11.5 Å². The molecule has 0 heterocycles. The molecule has 0 saturated carbocycles. The highest BCUT2D eigenvalue weighted by Gasteiger charge is 2.21. The lowest BCUT2D eigenvalue weighted by Gasteiger charge is -2.13. The van der Waals surface area contributed by atoms with Gasteiger partial charge in [0.05, 0.1) is 14.2 Å². The Morgan fingerprint density at radius 2 is 1.81 bits per heavy atom. The van der Waals surface area contributed by atoms with Crippen LogP contribution in [0.1, 0.15) is 11.6 Å². The zero-order valence-corrected chi connectivity index (χ0v) is 8.93. The Labute approximate surface area is 92.2 Å². The third kappa shape index (κ3) is 2.17. The van der Waals surface area contributed by atoms with Gasteiger partial charge in [-0.3, -0.25) is 4.79 Å². The van der Waals surface area contributed by atoms with E-state index in [2.05, 4.69) is 0 Å². The van der Waals surface area contributed by atoms with Crippen molar-refractivity contribution in [2.45, 2.75) is 6.04 Å². The maximum absolute atomic E-state index is 10.7. The molecule has 1 atom stereocenters. The lowest BCUT2D eigenvalue weighted by Crippen LogP contribution is -2.20. The summed E-state index contributed by atoms with van der Waals surface area (Å²) in [5.74, 6) is -0.858. The molecule has 0 aromatic heterocycles. The van der Waals surface area contributed by atoms with Crippen molar-refractivity contribution in [3.05, 3.63) is 17.7 Å². The topological polar surface area (TPSA) is 102 Å². The molecule has 16 heavy (non-hydrogen) atoms. The number of phenolic OH excluding ortho intramolecular Hbond substituents is 1. The van der Waals surface area contributed by atoms with Gasteiger partial charge in [-0.15, -0.1) is 0 Å². The Morgan fingerprint density at radius 3 is 2.25 bits per heavy atom. The number of aliphatic carboxylic acids is 1. The van der Waals surface area contributed by atoms with E-state index in [1.54, 1.807) is 0 Å². The minimum atomic E-state index is -1.31. The minimum absolute atomic E-state index is 0.0742. The summed E-state index contributed by atoms with van der Waals surface area (Å²) in [7, 11) is 2.82. The predicted octanol–water partition coefficient (Wildman–Crippen LogP) is 0.494. The van der Waals surface area contributed by atoms with Gasteiger partial charge in [0.2, 0.25) is 0 Å². The molecule has 0 aliphatic carbocycles. The van der Waals surface area contributed by atoms with Crippen LogP contribution in [0.25, 0.3) is 0 Å². The summed E-state index contributed by atoms with van der Waals surface area (Å²) in [4.78, 5) is 10.7. The molecular formula is C10H13NO5. The molecule has 0 amide bonds. The Balaban J connectivity index is 3.26. The van der Waals surface area contributed by atoms with Crippen molar-refractivity contribution in [2.75, 3.05) is 14.2 Å². The molecule has 0 radical (unpaired) electrons. The summed E-state index contributed by atoms with van der Waals surface area (Å²) in [6, 6.07) is 1.30. The molecule has 6 heteroatoms. The molecule has 0 aliphatic heterocycles. The molecule has 1 rings (SSSR count). The second kappa shape index (κ2) is 4.71. The first-order chi connectivity index (χ1) is 7.51. The third-order valence-corrected chi connectivity index (χ3v) is 2.13. The predicted molar refractivity (Wildman–Crippen MR) is 55.8 cm³/mol. The molecule has 0 saturated heterocycles. The largest absolute Gasteiger partial charge is 0.507 e. The minimum Gasteiger partial charge on any atom is -0.507 e. The maximum Gasteiger partial charge on any atom is 0.325 e. The van der Waals surface area contributed by atoms with Crippen molar-refractivity contribution in [3.63, 3.8) is 0 Å². The van der Waals surface area contributed by atoms with E-state index in [9.17, 15) is 9.90 Å². The standard InChI is InChI=1S/C10H13NO5/c1-15-7-3-5(9(11)10(13)14)6(12)4-8(7)16-2/h3-4,9,12H,11H2,1-2H3,(H,13,14)/t9-/m0/s1. The summed E-state index contributed by atoms with van der Waals surface area (Å²) in [5, 5.41) is 18.3. The smallest absolute Gasteiger partial charge is 0.325 e. The highest BCUT2D eigenvalue weighted by molar-refractivity contribution is 5.77. The van der Waals surface area contributed by atoms with Gasteiger partial charge in [0.1, 0.15) is 11.8 Å². The fraction of sp³-hybridized carbons (Fsp3) is 0.300. The zero-order valence-electron chi connectivity index (χ0n) is 8.93. The number of hydrogen-bond acceptors (Lipinski definition) is 5. The molecule has 4 N–H and O–H groups in total. The lowest BCUT2D eigenvalue weighted by atomic mass is 10.1. The third-order valence-electron chi connectivity index (χ3n) is 2.13. The summed E-state index contributed by atoms with van der Waals surface area (Å²) in [5.41, 5.74) is 5.47. The van der Waals surface area contributed by atoms with E-state index in [1.165, 1.54) is 26.4 Å². The summed E-state index contributed by atoms with van der Waals surface area (Å²) in [6.45, 7) is 0. The molecule has 0 bridgehead atoms. The van der Waals surface area contributed by atoms with Crippen LogP contribution in [0.3, 0.4) is 0 Å². The number of carboxylic acids is 1. The zero-order chi connectivity index (χ0) is 12.3. The van der Waals surface area contributed by atoms with Gasteiger partial charge in [-0.05, 0) is 6.07 Å². The highest BCUT2D eigenvalue weighted by Crippen LogP contribution is 2.36. The van der Waals surface area contributed by atoms with Crippen LogP contribution in [-0.4, -0.2) is 30.4 Å². The fourth-order valence-corrected chi connectivity index (χ4v) is 1.27. The van der Waals surface area contributed by atoms with E-state index >= 15 is 0 Å². The Morgan fingerprint density at radius 1 is 1.31 bits per heavy atom. The van der Waals surface area contributed by atoms with Gasteiger partial charge in [-0.1, -0.05) is 0 Å². The monoisotopic (exact) mass is 227 g/mol. The molecule has 0 aliphatic rings. The first-order valence-corrected chi connectivity index (χ1v) is 4.44. The van der Waals surface area contributed by atoms with Gasteiger partial charge in [-0.25, -0.2) is 0 Å².